The Kier molecular flexibility index (Phi) is 5.70. The van der Waals surface area contributed by atoms with Gasteiger partial charge in [-0.15, -0.1) is 0 Å². The highest BCUT2D eigenvalue weighted by Crippen LogP contribution is 2.38. The lowest BCUT2D eigenvalue weighted by Gasteiger charge is -2.18. The van der Waals surface area contributed by atoms with Gasteiger partial charge < -0.3 is 5.32 Å². The summed E-state index contributed by atoms with van der Waals surface area (Å²) in [5, 5.41) is 2.00. The van der Waals surface area contributed by atoms with Crippen molar-refractivity contribution in [2.75, 3.05) is 5.32 Å². The van der Waals surface area contributed by atoms with Gasteiger partial charge in [-0.05, 0) is 30.3 Å². The van der Waals surface area contributed by atoms with Gasteiger partial charge in [0.05, 0.1) is 16.8 Å². The van der Waals surface area contributed by atoms with Gasteiger partial charge in [-0.2, -0.15) is 39.5 Å². The lowest BCUT2D eigenvalue weighted by molar-refractivity contribution is -0.143. The van der Waals surface area contributed by atoms with Crippen molar-refractivity contribution in [1.29, 1.82) is 0 Å². The molecule has 0 unspecified atom stereocenters. The van der Waals surface area contributed by atoms with Crippen LogP contribution in [-0.4, -0.2) is 9.55 Å². The quantitative estimate of drug-likeness (QED) is 0.479. The molecule has 3 aromatic rings. The minimum absolute atomic E-state index is 0.0238. The third-order valence-corrected chi connectivity index (χ3v) is 4.07. The monoisotopic (exact) mass is 467 g/mol. The van der Waals surface area contributed by atoms with Gasteiger partial charge in [-0.3, -0.25) is 4.79 Å². The Morgan fingerprint density at radius 2 is 1.25 bits per heavy atom. The lowest BCUT2D eigenvalue weighted by atomic mass is 10.1. The second-order valence-corrected chi connectivity index (χ2v) is 6.39. The van der Waals surface area contributed by atoms with Gasteiger partial charge in [0.1, 0.15) is 0 Å². The Hall–Kier alpha value is -3.51. The molecule has 0 aliphatic heterocycles. The zero-order valence-electron chi connectivity index (χ0n) is 15.4. The molecule has 1 heterocycles. The van der Waals surface area contributed by atoms with Crippen LogP contribution in [0.2, 0.25) is 0 Å². The SMILES string of the molecule is O=c1cc(C(F)(F)F)nc(Nc2cc(C(F)(F)F)cc(C(F)(F)F)c2)n1-c1ccccc1. The summed E-state index contributed by atoms with van der Waals surface area (Å²) < 4.78 is 118. The highest BCUT2D eigenvalue weighted by atomic mass is 19.4. The number of anilines is 2. The van der Waals surface area contributed by atoms with Gasteiger partial charge in [-0.25, -0.2) is 9.55 Å². The molecule has 2 aromatic carbocycles. The van der Waals surface area contributed by atoms with Gasteiger partial charge in [0.15, 0.2) is 5.69 Å². The first-order chi connectivity index (χ1) is 14.7. The van der Waals surface area contributed by atoms with E-state index in [2.05, 4.69) is 4.98 Å². The number of nitrogens with zero attached hydrogens (tertiary/aromatic N) is 2. The summed E-state index contributed by atoms with van der Waals surface area (Å²) in [6.45, 7) is 0. The first-order valence-electron chi connectivity index (χ1n) is 8.49. The number of nitrogens with one attached hydrogen (secondary N) is 1. The largest absolute Gasteiger partial charge is 0.433 e. The van der Waals surface area contributed by atoms with Crippen LogP contribution in [0.25, 0.3) is 5.69 Å². The van der Waals surface area contributed by atoms with Crippen molar-refractivity contribution >= 4 is 11.6 Å². The Labute approximate surface area is 172 Å². The predicted octanol–water partition coefficient (Wildman–Crippen LogP) is 6.03. The summed E-state index contributed by atoms with van der Waals surface area (Å²) in [6, 6.07) is 7.45. The Morgan fingerprint density at radius 3 is 1.72 bits per heavy atom. The Bertz CT molecular complexity index is 1150. The normalized spacial score (nSPS) is 12.7. The summed E-state index contributed by atoms with van der Waals surface area (Å²) >= 11 is 0. The number of halogens is 9. The van der Waals surface area contributed by atoms with Crippen LogP contribution < -0.4 is 10.9 Å². The second kappa shape index (κ2) is 7.88. The van der Waals surface area contributed by atoms with E-state index in [9.17, 15) is 44.3 Å². The van der Waals surface area contributed by atoms with Gasteiger partial charge in [0, 0.05) is 11.8 Å². The maximum Gasteiger partial charge on any atom is 0.433 e. The van der Waals surface area contributed by atoms with Crippen LogP contribution >= 0.6 is 0 Å². The van der Waals surface area contributed by atoms with Crippen LogP contribution in [0.4, 0.5) is 51.1 Å². The molecule has 1 N–H and O–H groups in total. The molecule has 0 saturated heterocycles. The van der Waals surface area contributed by atoms with Gasteiger partial charge in [0.2, 0.25) is 5.95 Å². The van der Waals surface area contributed by atoms with E-state index < -0.39 is 52.5 Å². The van der Waals surface area contributed by atoms with Crippen LogP contribution in [0.5, 0.6) is 0 Å². The maximum atomic E-state index is 13.1. The topological polar surface area (TPSA) is 46.9 Å². The lowest BCUT2D eigenvalue weighted by Crippen LogP contribution is -2.25. The number of benzene rings is 2. The molecular formula is C19H10F9N3O. The molecule has 0 radical (unpaired) electrons. The predicted molar refractivity (Wildman–Crippen MR) is 94.6 cm³/mol. The molecule has 0 bridgehead atoms. The zero-order chi connectivity index (χ0) is 23.9. The van der Waals surface area contributed by atoms with Crippen LogP contribution in [0, 0.1) is 0 Å². The molecule has 1 aromatic heterocycles. The molecule has 3 rings (SSSR count). The average Bonchev–Trinajstić information content (AvgIpc) is 2.66. The number of hydrogen-bond acceptors (Lipinski definition) is 3. The van der Waals surface area contributed by atoms with Crippen molar-refractivity contribution in [2.24, 2.45) is 0 Å². The fraction of sp³-hybridized carbons (Fsp3) is 0.158. The summed E-state index contributed by atoms with van der Waals surface area (Å²) in [5.74, 6) is -0.927. The van der Waals surface area contributed by atoms with Crippen LogP contribution in [0.3, 0.4) is 0 Å². The van der Waals surface area contributed by atoms with Crippen molar-refractivity contribution in [3.8, 4) is 5.69 Å². The van der Waals surface area contributed by atoms with E-state index in [1.54, 1.807) is 0 Å². The smallest absolute Gasteiger partial charge is 0.325 e. The minimum Gasteiger partial charge on any atom is -0.325 e. The Morgan fingerprint density at radius 1 is 0.719 bits per heavy atom. The summed E-state index contributed by atoms with van der Waals surface area (Å²) in [6.07, 6.45) is -15.5. The first kappa shape index (κ1) is 23.2. The zero-order valence-corrected chi connectivity index (χ0v) is 15.4. The molecule has 4 nitrogen and oxygen atoms in total. The van der Waals surface area contributed by atoms with Crippen LogP contribution in [0.1, 0.15) is 16.8 Å². The highest BCUT2D eigenvalue weighted by Gasteiger charge is 2.37. The van der Waals surface area contributed by atoms with Gasteiger partial charge in [-0.1, -0.05) is 18.2 Å². The molecule has 0 aliphatic rings. The Balaban J connectivity index is 2.24. The van der Waals surface area contributed by atoms with E-state index in [-0.39, 0.29) is 30.0 Å². The van der Waals surface area contributed by atoms with E-state index in [0.29, 0.717) is 4.57 Å². The highest BCUT2D eigenvalue weighted by molar-refractivity contribution is 5.59. The number of alkyl halides is 9. The average molecular weight is 467 g/mol. The summed E-state index contributed by atoms with van der Waals surface area (Å²) in [4.78, 5) is 15.6. The molecular weight excluding hydrogens is 457 g/mol. The molecule has 32 heavy (non-hydrogen) atoms. The molecule has 0 saturated carbocycles. The van der Waals surface area contributed by atoms with Crippen molar-refractivity contribution in [3.05, 3.63) is 81.8 Å². The van der Waals surface area contributed by atoms with E-state index >= 15 is 0 Å². The van der Waals surface area contributed by atoms with E-state index in [0.717, 1.165) is 0 Å². The second-order valence-electron chi connectivity index (χ2n) is 6.39. The summed E-state index contributed by atoms with van der Waals surface area (Å²) in [7, 11) is 0. The van der Waals surface area contributed by atoms with E-state index in [1.807, 2.05) is 5.32 Å². The van der Waals surface area contributed by atoms with Crippen molar-refractivity contribution in [2.45, 2.75) is 18.5 Å². The van der Waals surface area contributed by atoms with Crippen LogP contribution in [0.15, 0.2) is 59.4 Å². The van der Waals surface area contributed by atoms with Crippen molar-refractivity contribution in [1.82, 2.24) is 9.55 Å². The summed E-state index contributed by atoms with van der Waals surface area (Å²) in [5.41, 5.74) is -7.23. The molecule has 0 fully saturated rings. The van der Waals surface area contributed by atoms with Crippen molar-refractivity contribution in [3.63, 3.8) is 0 Å². The van der Waals surface area contributed by atoms with Crippen LogP contribution in [-0.2, 0) is 18.5 Å². The maximum absolute atomic E-state index is 13.1. The molecule has 0 amide bonds. The van der Waals surface area contributed by atoms with E-state index in [1.165, 1.54) is 30.3 Å². The molecule has 0 spiro atoms. The standard InChI is InChI=1S/C19H10F9N3O/c20-17(21,22)10-6-11(18(23,24)25)8-12(7-10)29-16-30-14(19(26,27)28)9-15(32)31(16)13-4-2-1-3-5-13/h1-9H,(H,29,30). The molecule has 170 valence electrons. The van der Waals surface area contributed by atoms with Gasteiger partial charge >= 0.3 is 18.5 Å². The number of hydrogen-bond donors (Lipinski definition) is 1. The fourth-order valence-electron chi connectivity index (χ4n) is 2.69. The molecule has 13 heteroatoms. The van der Waals surface area contributed by atoms with Crippen molar-refractivity contribution < 1.29 is 39.5 Å². The van der Waals surface area contributed by atoms with E-state index in [4.69, 9.17) is 0 Å². The fourth-order valence-corrected chi connectivity index (χ4v) is 2.69. The van der Waals surface area contributed by atoms with Gasteiger partial charge in [0.25, 0.3) is 5.56 Å². The number of rotatable bonds is 3. The molecule has 0 atom stereocenters. The molecule has 0 aliphatic carbocycles. The minimum atomic E-state index is -5.18. The number of para-hydroxylation sites is 1. The first-order valence-corrected chi connectivity index (χ1v) is 8.49. The third-order valence-electron chi connectivity index (χ3n) is 4.07. The number of aromatic nitrogens is 2. The third kappa shape index (κ3) is 5.03.